The molecule has 0 bridgehead atoms. The van der Waals surface area contributed by atoms with Gasteiger partial charge in [0.15, 0.2) is 5.75 Å². The second kappa shape index (κ2) is 6.43. The highest BCUT2D eigenvalue weighted by atomic mass is 79.9. The van der Waals surface area contributed by atoms with Gasteiger partial charge in [-0.1, -0.05) is 15.9 Å². The number of nitrogens with two attached hydrogens (primary N) is 1. The Labute approximate surface area is 126 Å². The summed E-state index contributed by atoms with van der Waals surface area (Å²) in [6.45, 7) is 2.44. The van der Waals surface area contributed by atoms with Crippen LogP contribution < -0.4 is 15.8 Å². The number of hydrogen-bond donors (Lipinski definition) is 2. The zero-order valence-corrected chi connectivity index (χ0v) is 12.6. The van der Waals surface area contributed by atoms with Gasteiger partial charge in [0.2, 0.25) is 0 Å². The van der Waals surface area contributed by atoms with E-state index in [-0.39, 0.29) is 5.91 Å². The summed E-state index contributed by atoms with van der Waals surface area (Å²) in [5.74, 6) is 0.984. The molecule has 0 aliphatic carbocycles. The lowest BCUT2D eigenvalue weighted by molar-refractivity contribution is 0.0955. The third kappa shape index (κ3) is 3.51. The van der Waals surface area contributed by atoms with E-state index in [2.05, 4.69) is 21.2 Å². The number of halogens is 1. The molecule has 4 nitrogen and oxygen atoms in total. The number of carbonyl (C=O) groups excluding carboxylic acids is 1. The molecule has 2 aromatic rings. The van der Waals surface area contributed by atoms with Crippen molar-refractivity contribution in [2.45, 2.75) is 6.92 Å². The van der Waals surface area contributed by atoms with E-state index in [1.807, 2.05) is 31.2 Å². The third-order valence-corrected chi connectivity index (χ3v) is 3.18. The molecule has 20 heavy (non-hydrogen) atoms. The first-order valence-corrected chi connectivity index (χ1v) is 7.00. The molecule has 3 N–H and O–H groups in total. The van der Waals surface area contributed by atoms with Crippen LogP contribution in [0.5, 0.6) is 11.5 Å². The Bertz CT molecular complexity index is 612. The van der Waals surface area contributed by atoms with Crippen molar-refractivity contribution in [3.05, 3.63) is 52.5 Å². The molecule has 1 amide bonds. The standard InChI is InChI=1S/C15H15BrN2O2/c1-2-18-15(19)10-3-8-13(17)14(9-10)20-12-6-4-11(16)5-7-12/h3-9H,2,17H2,1H3,(H,18,19). The Morgan fingerprint density at radius 3 is 2.60 bits per heavy atom. The van der Waals surface area contributed by atoms with Crippen molar-refractivity contribution < 1.29 is 9.53 Å². The van der Waals surface area contributed by atoms with Crippen molar-refractivity contribution in [2.24, 2.45) is 0 Å². The van der Waals surface area contributed by atoms with Gasteiger partial charge in [0.1, 0.15) is 5.75 Å². The molecule has 0 atom stereocenters. The summed E-state index contributed by atoms with van der Waals surface area (Å²) in [4.78, 5) is 11.8. The normalized spacial score (nSPS) is 10.1. The fourth-order valence-electron chi connectivity index (χ4n) is 1.66. The lowest BCUT2D eigenvalue weighted by Gasteiger charge is -2.10. The summed E-state index contributed by atoms with van der Waals surface area (Å²) >= 11 is 3.36. The maximum absolute atomic E-state index is 11.8. The Morgan fingerprint density at radius 1 is 1.25 bits per heavy atom. The minimum Gasteiger partial charge on any atom is -0.455 e. The van der Waals surface area contributed by atoms with E-state index in [4.69, 9.17) is 10.5 Å². The van der Waals surface area contributed by atoms with Crippen molar-refractivity contribution in [1.29, 1.82) is 0 Å². The van der Waals surface area contributed by atoms with E-state index < -0.39 is 0 Å². The second-order valence-corrected chi connectivity index (χ2v) is 5.08. The van der Waals surface area contributed by atoms with Crippen LogP contribution >= 0.6 is 15.9 Å². The lowest BCUT2D eigenvalue weighted by atomic mass is 10.1. The minimum absolute atomic E-state index is 0.145. The number of anilines is 1. The Hall–Kier alpha value is -2.01. The summed E-state index contributed by atoms with van der Waals surface area (Å²) in [6, 6.07) is 12.4. The number of amides is 1. The predicted molar refractivity (Wildman–Crippen MR) is 83.1 cm³/mol. The fraction of sp³-hybridized carbons (Fsp3) is 0.133. The van der Waals surface area contributed by atoms with Gasteiger partial charge in [-0.3, -0.25) is 4.79 Å². The predicted octanol–water partition coefficient (Wildman–Crippen LogP) is 3.57. The van der Waals surface area contributed by atoms with Crippen molar-refractivity contribution in [1.82, 2.24) is 5.32 Å². The van der Waals surface area contributed by atoms with Crippen LogP contribution in [-0.2, 0) is 0 Å². The van der Waals surface area contributed by atoms with Crippen LogP contribution in [0.4, 0.5) is 5.69 Å². The quantitative estimate of drug-likeness (QED) is 0.840. The molecule has 0 aromatic heterocycles. The second-order valence-electron chi connectivity index (χ2n) is 4.17. The van der Waals surface area contributed by atoms with Crippen LogP contribution in [-0.4, -0.2) is 12.5 Å². The molecule has 0 saturated heterocycles. The molecule has 0 unspecified atom stereocenters. The summed E-state index contributed by atoms with van der Waals surface area (Å²) in [6.07, 6.45) is 0. The lowest BCUT2D eigenvalue weighted by Crippen LogP contribution is -2.22. The molecule has 0 saturated carbocycles. The van der Waals surface area contributed by atoms with Crippen molar-refractivity contribution in [3.63, 3.8) is 0 Å². The van der Waals surface area contributed by atoms with Crippen LogP contribution in [0.3, 0.4) is 0 Å². The molecule has 0 spiro atoms. The monoisotopic (exact) mass is 334 g/mol. The van der Waals surface area contributed by atoms with Crippen molar-refractivity contribution >= 4 is 27.5 Å². The first kappa shape index (κ1) is 14.4. The molecular weight excluding hydrogens is 320 g/mol. The number of benzene rings is 2. The van der Waals surface area contributed by atoms with Gasteiger partial charge >= 0.3 is 0 Å². The summed E-state index contributed by atoms with van der Waals surface area (Å²) < 4.78 is 6.67. The average Bonchev–Trinajstić information content (AvgIpc) is 2.44. The maximum Gasteiger partial charge on any atom is 0.251 e. The average molecular weight is 335 g/mol. The number of carbonyl (C=O) groups is 1. The topological polar surface area (TPSA) is 64.4 Å². The summed E-state index contributed by atoms with van der Waals surface area (Å²) in [7, 11) is 0. The van der Waals surface area contributed by atoms with Crippen molar-refractivity contribution in [3.8, 4) is 11.5 Å². The molecule has 0 aliphatic rings. The fourth-order valence-corrected chi connectivity index (χ4v) is 1.92. The zero-order chi connectivity index (χ0) is 14.5. The smallest absolute Gasteiger partial charge is 0.251 e. The SMILES string of the molecule is CCNC(=O)c1ccc(N)c(Oc2ccc(Br)cc2)c1. The van der Waals surface area contributed by atoms with Crippen LogP contribution in [0, 0.1) is 0 Å². The van der Waals surface area contributed by atoms with Crippen LogP contribution in [0.15, 0.2) is 46.9 Å². The molecule has 104 valence electrons. The number of ether oxygens (including phenoxy) is 1. The Kier molecular flexibility index (Phi) is 4.63. The molecule has 0 heterocycles. The number of hydrogen-bond acceptors (Lipinski definition) is 3. The molecule has 0 radical (unpaired) electrons. The van der Waals surface area contributed by atoms with Crippen molar-refractivity contribution in [2.75, 3.05) is 12.3 Å². The Morgan fingerprint density at radius 2 is 1.95 bits per heavy atom. The Balaban J connectivity index is 2.24. The van der Waals surface area contributed by atoms with Crippen LogP contribution in [0.2, 0.25) is 0 Å². The summed E-state index contributed by atoms with van der Waals surface area (Å²) in [5, 5.41) is 2.74. The highest BCUT2D eigenvalue weighted by Gasteiger charge is 2.09. The first-order chi connectivity index (χ1) is 9.60. The zero-order valence-electron chi connectivity index (χ0n) is 11.0. The third-order valence-electron chi connectivity index (χ3n) is 2.65. The molecule has 2 aromatic carbocycles. The number of nitrogens with one attached hydrogen (secondary N) is 1. The van der Waals surface area contributed by atoms with Crippen LogP contribution in [0.1, 0.15) is 17.3 Å². The minimum atomic E-state index is -0.145. The van der Waals surface area contributed by atoms with E-state index in [1.165, 1.54) is 0 Å². The van der Waals surface area contributed by atoms with Gasteiger partial charge in [-0.25, -0.2) is 0 Å². The van der Waals surface area contributed by atoms with E-state index in [0.29, 0.717) is 29.3 Å². The van der Waals surface area contributed by atoms with Gasteiger partial charge < -0.3 is 15.8 Å². The van der Waals surface area contributed by atoms with Gasteiger partial charge in [-0.05, 0) is 49.4 Å². The van der Waals surface area contributed by atoms with Gasteiger partial charge in [0.25, 0.3) is 5.91 Å². The molecule has 0 fully saturated rings. The van der Waals surface area contributed by atoms with Gasteiger partial charge in [-0.15, -0.1) is 0 Å². The first-order valence-electron chi connectivity index (χ1n) is 6.21. The molecular formula is C15H15BrN2O2. The number of rotatable bonds is 4. The van der Waals surface area contributed by atoms with Gasteiger partial charge in [0.05, 0.1) is 5.69 Å². The highest BCUT2D eigenvalue weighted by molar-refractivity contribution is 9.10. The summed E-state index contributed by atoms with van der Waals surface area (Å²) in [5.41, 5.74) is 6.88. The van der Waals surface area contributed by atoms with E-state index >= 15 is 0 Å². The maximum atomic E-state index is 11.8. The van der Waals surface area contributed by atoms with E-state index in [0.717, 1.165) is 4.47 Å². The highest BCUT2D eigenvalue weighted by Crippen LogP contribution is 2.29. The largest absolute Gasteiger partial charge is 0.455 e. The van der Waals surface area contributed by atoms with E-state index in [9.17, 15) is 4.79 Å². The number of nitrogen functional groups attached to an aromatic ring is 1. The molecule has 2 rings (SSSR count). The van der Waals surface area contributed by atoms with Crippen LogP contribution in [0.25, 0.3) is 0 Å². The van der Waals surface area contributed by atoms with Gasteiger partial charge in [0, 0.05) is 16.6 Å². The molecule has 5 heteroatoms. The van der Waals surface area contributed by atoms with Gasteiger partial charge in [-0.2, -0.15) is 0 Å². The molecule has 0 aliphatic heterocycles. The van der Waals surface area contributed by atoms with E-state index in [1.54, 1.807) is 18.2 Å².